The summed E-state index contributed by atoms with van der Waals surface area (Å²) in [5.74, 6) is 2.61. The van der Waals surface area contributed by atoms with E-state index in [0.717, 1.165) is 89.8 Å². The standard InChI is InChI=1S/C21H40N4O2/c1-2-22-21(23-10-3-13-27-17-19-8-14-26-15-9-19)24-11-12-25(20-6-7-20)16-18-4-5-18/h18-20H,2-17H2,1H3,(H2,22,23,24). The Hall–Kier alpha value is -0.850. The van der Waals surface area contributed by atoms with Gasteiger partial charge >= 0.3 is 0 Å². The highest BCUT2D eigenvalue weighted by atomic mass is 16.5. The maximum Gasteiger partial charge on any atom is 0.191 e. The van der Waals surface area contributed by atoms with E-state index < -0.39 is 0 Å². The van der Waals surface area contributed by atoms with Gasteiger partial charge in [0.2, 0.25) is 0 Å². The Morgan fingerprint density at radius 2 is 1.89 bits per heavy atom. The van der Waals surface area contributed by atoms with Gasteiger partial charge in [-0.25, -0.2) is 0 Å². The molecular weight excluding hydrogens is 340 g/mol. The summed E-state index contributed by atoms with van der Waals surface area (Å²) in [6, 6.07) is 0.861. The summed E-state index contributed by atoms with van der Waals surface area (Å²) in [5, 5.41) is 6.88. The number of hydrogen-bond donors (Lipinski definition) is 2. The van der Waals surface area contributed by atoms with Crippen molar-refractivity contribution in [3.8, 4) is 0 Å². The monoisotopic (exact) mass is 380 g/mol. The third kappa shape index (κ3) is 8.79. The molecule has 6 heteroatoms. The van der Waals surface area contributed by atoms with Crippen molar-refractivity contribution >= 4 is 5.96 Å². The van der Waals surface area contributed by atoms with Crippen LogP contribution in [0.3, 0.4) is 0 Å². The van der Waals surface area contributed by atoms with E-state index in [1.807, 2.05) is 0 Å². The molecule has 0 unspecified atom stereocenters. The third-order valence-electron chi connectivity index (χ3n) is 5.70. The average Bonchev–Trinajstić information content (AvgIpc) is 3.58. The number of rotatable bonds is 13. The van der Waals surface area contributed by atoms with Crippen molar-refractivity contribution in [3.05, 3.63) is 0 Å². The molecule has 0 aromatic heterocycles. The molecule has 0 amide bonds. The first-order chi connectivity index (χ1) is 13.3. The summed E-state index contributed by atoms with van der Waals surface area (Å²) in [5.41, 5.74) is 0. The van der Waals surface area contributed by atoms with E-state index in [0.29, 0.717) is 5.92 Å². The molecule has 0 aromatic rings. The van der Waals surface area contributed by atoms with Gasteiger partial charge in [0.15, 0.2) is 5.96 Å². The highest BCUT2D eigenvalue weighted by molar-refractivity contribution is 5.79. The van der Waals surface area contributed by atoms with E-state index in [-0.39, 0.29) is 0 Å². The van der Waals surface area contributed by atoms with Gasteiger partial charge in [-0.15, -0.1) is 0 Å². The van der Waals surface area contributed by atoms with E-state index >= 15 is 0 Å². The molecule has 1 heterocycles. The minimum atomic E-state index is 0.686. The van der Waals surface area contributed by atoms with Crippen LogP contribution in [0.2, 0.25) is 0 Å². The molecule has 2 aliphatic carbocycles. The minimum Gasteiger partial charge on any atom is -0.381 e. The Morgan fingerprint density at radius 1 is 1.07 bits per heavy atom. The summed E-state index contributed by atoms with van der Waals surface area (Å²) in [7, 11) is 0. The quantitative estimate of drug-likeness (QED) is 0.292. The Morgan fingerprint density at radius 3 is 2.59 bits per heavy atom. The van der Waals surface area contributed by atoms with Crippen LogP contribution in [0.4, 0.5) is 0 Å². The minimum absolute atomic E-state index is 0.686. The fourth-order valence-corrected chi connectivity index (χ4v) is 3.67. The van der Waals surface area contributed by atoms with Crippen LogP contribution in [-0.2, 0) is 9.47 Å². The van der Waals surface area contributed by atoms with Crippen LogP contribution in [0, 0.1) is 11.8 Å². The van der Waals surface area contributed by atoms with Crippen LogP contribution in [-0.4, -0.2) is 76.1 Å². The molecule has 3 rings (SSSR count). The molecular formula is C21H40N4O2. The van der Waals surface area contributed by atoms with Crippen molar-refractivity contribution in [1.82, 2.24) is 15.5 Å². The first-order valence-electron chi connectivity index (χ1n) is 11.3. The number of ether oxygens (including phenoxy) is 2. The van der Waals surface area contributed by atoms with Crippen LogP contribution in [0.5, 0.6) is 0 Å². The molecule has 2 N–H and O–H groups in total. The second-order valence-corrected chi connectivity index (χ2v) is 8.34. The van der Waals surface area contributed by atoms with Gasteiger partial charge in [-0.1, -0.05) is 0 Å². The van der Waals surface area contributed by atoms with Crippen LogP contribution < -0.4 is 10.6 Å². The molecule has 1 saturated heterocycles. The van der Waals surface area contributed by atoms with Gasteiger partial charge in [0, 0.05) is 65.2 Å². The van der Waals surface area contributed by atoms with E-state index in [4.69, 9.17) is 14.5 Å². The molecule has 3 fully saturated rings. The lowest BCUT2D eigenvalue weighted by molar-refractivity contribution is 0.0205. The lowest BCUT2D eigenvalue weighted by Gasteiger charge is -2.22. The normalized spacial score (nSPS) is 21.6. The van der Waals surface area contributed by atoms with Gasteiger partial charge in [-0.05, 0) is 63.7 Å². The second-order valence-electron chi connectivity index (χ2n) is 8.34. The molecule has 0 atom stereocenters. The van der Waals surface area contributed by atoms with Crippen molar-refractivity contribution in [1.29, 1.82) is 0 Å². The van der Waals surface area contributed by atoms with Crippen molar-refractivity contribution in [2.24, 2.45) is 16.8 Å². The fourth-order valence-electron chi connectivity index (χ4n) is 3.67. The van der Waals surface area contributed by atoms with Crippen LogP contribution in [0.25, 0.3) is 0 Å². The lowest BCUT2D eigenvalue weighted by atomic mass is 10.0. The summed E-state index contributed by atoms with van der Waals surface area (Å²) >= 11 is 0. The third-order valence-corrected chi connectivity index (χ3v) is 5.70. The number of hydrogen-bond acceptors (Lipinski definition) is 4. The molecule has 0 bridgehead atoms. The Balaban J connectivity index is 1.25. The van der Waals surface area contributed by atoms with Crippen LogP contribution in [0.15, 0.2) is 4.99 Å². The average molecular weight is 381 g/mol. The molecule has 0 aromatic carbocycles. The van der Waals surface area contributed by atoms with Gasteiger partial charge in [-0.2, -0.15) is 0 Å². The number of guanidine groups is 1. The lowest BCUT2D eigenvalue weighted by Crippen LogP contribution is -2.42. The van der Waals surface area contributed by atoms with E-state index in [9.17, 15) is 0 Å². The summed E-state index contributed by atoms with van der Waals surface area (Å²) < 4.78 is 11.2. The molecule has 0 spiro atoms. The highest BCUT2D eigenvalue weighted by Crippen LogP contribution is 2.34. The van der Waals surface area contributed by atoms with Gasteiger partial charge in [0.05, 0.1) is 0 Å². The zero-order chi connectivity index (χ0) is 18.7. The van der Waals surface area contributed by atoms with Gasteiger partial charge in [0.1, 0.15) is 0 Å². The van der Waals surface area contributed by atoms with Crippen LogP contribution >= 0.6 is 0 Å². The number of nitrogens with one attached hydrogen (secondary N) is 2. The maximum atomic E-state index is 5.83. The molecule has 3 aliphatic rings. The number of aliphatic imine (C=N–C) groups is 1. The maximum absolute atomic E-state index is 5.83. The Kier molecular flexibility index (Phi) is 9.18. The topological polar surface area (TPSA) is 58.1 Å². The Labute approximate surface area is 165 Å². The second kappa shape index (κ2) is 11.9. The first-order valence-corrected chi connectivity index (χ1v) is 11.3. The molecule has 2 saturated carbocycles. The molecule has 156 valence electrons. The largest absolute Gasteiger partial charge is 0.381 e. The van der Waals surface area contributed by atoms with Crippen LogP contribution in [0.1, 0.15) is 51.9 Å². The van der Waals surface area contributed by atoms with Gasteiger partial charge in [0.25, 0.3) is 0 Å². The number of nitrogens with zero attached hydrogens (tertiary/aromatic N) is 2. The van der Waals surface area contributed by atoms with E-state index in [1.165, 1.54) is 32.2 Å². The zero-order valence-corrected chi connectivity index (χ0v) is 17.3. The molecule has 27 heavy (non-hydrogen) atoms. The SMILES string of the molecule is CCNC(=NCCCOCC1CCOCC1)NCCN(CC1CC1)C1CC1. The van der Waals surface area contributed by atoms with Crippen molar-refractivity contribution in [2.75, 3.05) is 59.2 Å². The predicted octanol–water partition coefficient (Wildman–Crippen LogP) is 2.25. The van der Waals surface area contributed by atoms with Gasteiger partial charge < -0.3 is 20.1 Å². The first kappa shape index (κ1) is 20.9. The fraction of sp³-hybridized carbons (Fsp3) is 0.952. The summed E-state index contributed by atoms with van der Waals surface area (Å²) in [6.45, 7) is 10.7. The predicted molar refractivity (Wildman–Crippen MR) is 110 cm³/mol. The van der Waals surface area contributed by atoms with E-state index in [2.05, 4.69) is 22.5 Å². The molecule has 6 nitrogen and oxygen atoms in total. The van der Waals surface area contributed by atoms with Gasteiger partial charge in [-0.3, -0.25) is 9.89 Å². The molecule has 1 aliphatic heterocycles. The van der Waals surface area contributed by atoms with Crippen molar-refractivity contribution in [2.45, 2.75) is 57.9 Å². The summed E-state index contributed by atoms with van der Waals surface area (Å²) in [6.07, 6.45) is 8.95. The van der Waals surface area contributed by atoms with Crippen molar-refractivity contribution < 1.29 is 9.47 Å². The van der Waals surface area contributed by atoms with Crippen molar-refractivity contribution in [3.63, 3.8) is 0 Å². The molecule has 0 radical (unpaired) electrons. The smallest absolute Gasteiger partial charge is 0.191 e. The Bertz CT molecular complexity index is 432. The highest BCUT2D eigenvalue weighted by Gasteiger charge is 2.33. The van der Waals surface area contributed by atoms with E-state index in [1.54, 1.807) is 0 Å². The zero-order valence-electron chi connectivity index (χ0n) is 17.3. The summed E-state index contributed by atoms with van der Waals surface area (Å²) in [4.78, 5) is 7.40.